The molecule has 0 bridgehead atoms. The van der Waals surface area contributed by atoms with Crippen molar-refractivity contribution in [1.29, 1.82) is 0 Å². The summed E-state index contributed by atoms with van der Waals surface area (Å²) in [6.45, 7) is 5.28. The largest absolute Gasteiger partial charge is 0.504 e. The summed E-state index contributed by atoms with van der Waals surface area (Å²) in [5, 5.41) is 17.5. The molecule has 29 heavy (non-hydrogen) atoms. The summed E-state index contributed by atoms with van der Waals surface area (Å²) in [6, 6.07) is 16.8. The second kappa shape index (κ2) is 15.9. The van der Waals surface area contributed by atoms with Gasteiger partial charge in [0.1, 0.15) is 6.10 Å². The van der Waals surface area contributed by atoms with Crippen molar-refractivity contribution in [3.05, 3.63) is 60.2 Å². The van der Waals surface area contributed by atoms with Gasteiger partial charge in [-0.15, -0.1) is 0 Å². The Morgan fingerprint density at radius 2 is 1.59 bits per heavy atom. The van der Waals surface area contributed by atoms with E-state index >= 15 is 0 Å². The molecule has 0 aromatic heterocycles. The Morgan fingerprint density at radius 3 is 2.00 bits per heavy atom. The zero-order valence-electron chi connectivity index (χ0n) is 17.3. The molecule has 0 aliphatic heterocycles. The highest BCUT2D eigenvalue weighted by Gasteiger charge is 2.07. The third-order valence-electron chi connectivity index (χ3n) is 3.25. The number of benzene rings is 2. The first-order valence-corrected chi connectivity index (χ1v) is 9.15. The van der Waals surface area contributed by atoms with Crippen LogP contribution in [0.4, 0.5) is 0 Å². The SMILES string of the molecule is CC(=O)OCCc1ccccc1.CCOC(=O)C(C)O.COc1ccccc1O. The van der Waals surface area contributed by atoms with E-state index in [-0.39, 0.29) is 11.7 Å². The summed E-state index contributed by atoms with van der Waals surface area (Å²) >= 11 is 0. The maximum atomic E-state index is 10.4. The van der Waals surface area contributed by atoms with Crippen LogP contribution in [-0.4, -0.2) is 48.6 Å². The number of methoxy groups -OCH3 is 1. The van der Waals surface area contributed by atoms with Crippen molar-refractivity contribution in [2.45, 2.75) is 33.3 Å². The zero-order valence-corrected chi connectivity index (χ0v) is 17.3. The van der Waals surface area contributed by atoms with Gasteiger partial charge >= 0.3 is 11.9 Å². The van der Waals surface area contributed by atoms with E-state index in [1.54, 1.807) is 31.2 Å². The Bertz CT molecular complexity index is 699. The van der Waals surface area contributed by atoms with E-state index in [0.717, 1.165) is 6.42 Å². The quantitative estimate of drug-likeness (QED) is 0.711. The number of rotatable bonds is 6. The normalized spacial score (nSPS) is 10.2. The van der Waals surface area contributed by atoms with Gasteiger partial charge < -0.3 is 24.4 Å². The van der Waals surface area contributed by atoms with Gasteiger partial charge in [-0.3, -0.25) is 4.79 Å². The van der Waals surface area contributed by atoms with E-state index in [1.807, 2.05) is 30.3 Å². The third kappa shape index (κ3) is 13.7. The van der Waals surface area contributed by atoms with Gasteiger partial charge in [0, 0.05) is 13.3 Å². The Kier molecular flexibility index (Phi) is 14.3. The van der Waals surface area contributed by atoms with Crippen molar-refractivity contribution >= 4 is 11.9 Å². The fourth-order valence-electron chi connectivity index (χ4n) is 1.85. The molecule has 1 atom stereocenters. The number of para-hydroxylation sites is 2. The molecule has 0 spiro atoms. The van der Waals surface area contributed by atoms with Gasteiger partial charge in [0.15, 0.2) is 11.5 Å². The van der Waals surface area contributed by atoms with Crippen LogP contribution in [0, 0.1) is 0 Å². The number of hydrogen-bond acceptors (Lipinski definition) is 7. The van der Waals surface area contributed by atoms with Gasteiger partial charge in [0.25, 0.3) is 0 Å². The summed E-state index contributed by atoms with van der Waals surface area (Å²) in [6.07, 6.45) is -0.199. The van der Waals surface area contributed by atoms with Crippen LogP contribution in [0.15, 0.2) is 54.6 Å². The summed E-state index contributed by atoms with van der Waals surface area (Å²) in [7, 11) is 1.52. The van der Waals surface area contributed by atoms with E-state index in [4.69, 9.17) is 19.7 Å². The molecule has 0 saturated carbocycles. The van der Waals surface area contributed by atoms with Gasteiger partial charge in [-0.2, -0.15) is 0 Å². The number of aliphatic hydroxyl groups is 1. The molecule has 1 unspecified atom stereocenters. The maximum Gasteiger partial charge on any atom is 0.334 e. The van der Waals surface area contributed by atoms with Crippen LogP contribution in [0.25, 0.3) is 0 Å². The molecule has 160 valence electrons. The van der Waals surface area contributed by atoms with Crippen LogP contribution in [0.1, 0.15) is 26.3 Å². The molecule has 2 aromatic carbocycles. The number of carbonyl (C=O) groups is 2. The smallest absolute Gasteiger partial charge is 0.334 e. The van der Waals surface area contributed by atoms with Gasteiger partial charge in [0.2, 0.25) is 0 Å². The predicted molar refractivity (Wildman–Crippen MR) is 110 cm³/mol. The number of carbonyl (C=O) groups excluding carboxylic acids is 2. The number of phenols is 1. The molecule has 0 aliphatic carbocycles. The summed E-state index contributed by atoms with van der Waals surface area (Å²) in [5.74, 6) is -0.0871. The number of hydrogen-bond donors (Lipinski definition) is 2. The van der Waals surface area contributed by atoms with Crippen molar-refractivity contribution in [1.82, 2.24) is 0 Å². The molecular weight excluding hydrogens is 376 g/mol. The van der Waals surface area contributed by atoms with Gasteiger partial charge in [-0.25, -0.2) is 4.79 Å². The van der Waals surface area contributed by atoms with Crippen LogP contribution >= 0.6 is 0 Å². The fraction of sp³-hybridized carbons (Fsp3) is 0.364. The summed E-state index contributed by atoms with van der Waals surface area (Å²) in [4.78, 5) is 20.7. The molecule has 2 aromatic rings. The van der Waals surface area contributed by atoms with Crippen molar-refractivity contribution in [2.24, 2.45) is 0 Å². The average Bonchev–Trinajstić information content (AvgIpc) is 2.70. The first-order chi connectivity index (χ1) is 13.8. The van der Waals surface area contributed by atoms with Gasteiger partial charge in [0.05, 0.1) is 20.3 Å². The van der Waals surface area contributed by atoms with Gasteiger partial charge in [-0.05, 0) is 31.5 Å². The Balaban J connectivity index is 0.000000417. The molecular formula is C22H30O7. The lowest BCUT2D eigenvalue weighted by Gasteiger charge is -2.01. The van der Waals surface area contributed by atoms with Crippen molar-refractivity contribution < 1.29 is 34.0 Å². The molecule has 0 heterocycles. The van der Waals surface area contributed by atoms with Gasteiger partial charge in [-0.1, -0.05) is 42.5 Å². The number of aromatic hydroxyl groups is 1. The zero-order chi connectivity index (χ0) is 22.1. The molecule has 7 nitrogen and oxygen atoms in total. The minimum Gasteiger partial charge on any atom is -0.504 e. The highest BCUT2D eigenvalue weighted by atomic mass is 16.5. The Hall–Kier alpha value is -3.06. The van der Waals surface area contributed by atoms with E-state index in [1.165, 1.54) is 26.5 Å². The molecule has 0 aliphatic rings. The molecule has 0 amide bonds. The second-order valence-electron chi connectivity index (χ2n) is 5.68. The monoisotopic (exact) mass is 406 g/mol. The molecule has 2 N–H and O–H groups in total. The van der Waals surface area contributed by atoms with Crippen molar-refractivity contribution in [3.63, 3.8) is 0 Å². The minimum absolute atomic E-state index is 0.181. The third-order valence-corrected chi connectivity index (χ3v) is 3.25. The van der Waals surface area contributed by atoms with E-state index in [9.17, 15) is 9.59 Å². The maximum absolute atomic E-state index is 10.4. The molecule has 0 saturated heterocycles. The molecule has 7 heteroatoms. The number of phenolic OH excluding ortho intramolecular Hbond substituents is 1. The molecule has 0 fully saturated rings. The predicted octanol–water partition coefficient (Wildman–Crippen LogP) is 3.12. The van der Waals surface area contributed by atoms with Crippen LogP contribution in [0.5, 0.6) is 11.5 Å². The lowest BCUT2D eigenvalue weighted by Crippen LogP contribution is -2.18. The standard InChI is InChI=1S/C10H12O2.C7H8O2.C5H10O3/c1-9(11)12-8-7-10-5-3-2-4-6-10;1-9-7-5-3-2-4-6(7)8;1-3-8-5(7)4(2)6/h2-6H,7-8H2,1H3;2-5,8H,1H3;4,6H,3H2,1-2H3. The first kappa shape index (κ1) is 25.9. The highest BCUT2D eigenvalue weighted by molar-refractivity contribution is 5.73. The minimum atomic E-state index is -0.991. The second-order valence-corrected chi connectivity index (χ2v) is 5.68. The van der Waals surface area contributed by atoms with Crippen LogP contribution in [0.2, 0.25) is 0 Å². The Morgan fingerprint density at radius 1 is 1.00 bits per heavy atom. The van der Waals surface area contributed by atoms with E-state index in [0.29, 0.717) is 19.0 Å². The van der Waals surface area contributed by atoms with E-state index < -0.39 is 12.1 Å². The van der Waals surface area contributed by atoms with Crippen molar-refractivity contribution in [3.8, 4) is 11.5 Å². The number of esters is 2. The topological polar surface area (TPSA) is 102 Å². The van der Waals surface area contributed by atoms with Crippen LogP contribution in [-0.2, 0) is 25.5 Å². The van der Waals surface area contributed by atoms with Crippen LogP contribution in [0.3, 0.4) is 0 Å². The Labute approximate surface area is 171 Å². The number of ether oxygens (including phenoxy) is 3. The van der Waals surface area contributed by atoms with Crippen LogP contribution < -0.4 is 4.74 Å². The number of aliphatic hydroxyl groups excluding tert-OH is 1. The summed E-state index contributed by atoms with van der Waals surface area (Å²) in [5.41, 5.74) is 1.19. The lowest BCUT2D eigenvalue weighted by atomic mass is 10.2. The average molecular weight is 406 g/mol. The van der Waals surface area contributed by atoms with Crippen molar-refractivity contribution in [2.75, 3.05) is 20.3 Å². The summed E-state index contributed by atoms with van der Waals surface area (Å²) < 4.78 is 14.0. The lowest BCUT2D eigenvalue weighted by molar-refractivity contribution is -0.151. The molecule has 0 radical (unpaired) electrons. The first-order valence-electron chi connectivity index (χ1n) is 9.15. The highest BCUT2D eigenvalue weighted by Crippen LogP contribution is 2.23. The molecule has 2 rings (SSSR count). The van der Waals surface area contributed by atoms with E-state index in [2.05, 4.69) is 4.74 Å². The fourth-order valence-corrected chi connectivity index (χ4v) is 1.85.